The predicted molar refractivity (Wildman–Crippen MR) is 65.8 cm³/mol. The van der Waals surface area contributed by atoms with Gasteiger partial charge in [-0.2, -0.15) is 0 Å². The average Bonchev–Trinajstić information content (AvgIpc) is 2.79. The van der Waals surface area contributed by atoms with Crippen molar-refractivity contribution >= 4 is 17.8 Å². The molecular weight excluding hydrogens is 252 g/mol. The first-order valence-corrected chi connectivity index (χ1v) is 6.34. The van der Waals surface area contributed by atoms with E-state index in [0.29, 0.717) is 12.8 Å². The van der Waals surface area contributed by atoms with Crippen LogP contribution in [0.25, 0.3) is 0 Å². The van der Waals surface area contributed by atoms with Crippen molar-refractivity contribution in [3.05, 3.63) is 0 Å². The Morgan fingerprint density at radius 3 is 2.37 bits per heavy atom. The summed E-state index contributed by atoms with van der Waals surface area (Å²) >= 11 is 0. The molecule has 0 saturated heterocycles. The van der Waals surface area contributed by atoms with Crippen LogP contribution < -0.4 is 11.1 Å². The average molecular weight is 272 g/mol. The van der Waals surface area contributed by atoms with E-state index in [1.807, 2.05) is 6.92 Å². The quantitative estimate of drug-likeness (QED) is 0.497. The predicted octanol–water partition coefficient (Wildman–Crippen LogP) is -0.914. The zero-order chi connectivity index (χ0) is 14.6. The Balaban J connectivity index is 2.59. The standard InChI is InChI=1S/C12H20N2O5/c1-2-6-3-7(8(4-6)12(18)19)11(17)14-5-9(15)10(13)16/h6-9,15H,2-5H2,1H3,(H2,13,16)(H,14,17)(H,18,19)/t6?,7-,8+,9?/m0/s1. The smallest absolute Gasteiger partial charge is 0.307 e. The summed E-state index contributed by atoms with van der Waals surface area (Å²) in [5.41, 5.74) is 4.86. The third-order valence-electron chi connectivity index (χ3n) is 3.69. The maximum Gasteiger partial charge on any atom is 0.307 e. The van der Waals surface area contributed by atoms with Crippen molar-refractivity contribution in [1.82, 2.24) is 5.32 Å². The lowest BCUT2D eigenvalue weighted by molar-refractivity contribution is -0.146. The second-order valence-electron chi connectivity index (χ2n) is 4.96. The van der Waals surface area contributed by atoms with Crippen molar-refractivity contribution in [2.24, 2.45) is 23.5 Å². The highest BCUT2D eigenvalue weighted by molar-refractivity contribution is 5.86. The molecule has 0 bridgehead atoms. The molecule has 2 amide bonds. The van der Waals surface area contributed by atoms with Gasteiger partial charge in [0.25, 0.3) is 0 Å². The van der Waals surface area contributed by atoms with Crippen molar-refractivity contribution < 1.29 is 24.6 Å². The highest BCUT2D eigenvalue weighted by Gasteiger charge is 2.42. The maximum absolute atomic E-state index is 11.9. The molecule has 2 unspecified atom stereocenters. The Kier molecular flexibility index (Phi) is 5.29. The van der Waals surface area contributed by atoms with E-state index in [9.17, 15) is 19.5 Å². The minimum Gasteiger partial charge on any atom is -0.481 e. The third kappa shape index (κ3) is 3.92. The Morgan fingerprint density at radius 2 is 1.89 bits per heavy atom. The van der Waals surface area contributed by atoms with Crippen LogP contribution in [0.5, 0.6) is 0 Å². The fourth-order valence-corrected chi connectivity index (χ4v) is 2.47. The van der Waals surface area contributed by atoms with Gasteiger partial charge in [0.1, 0.15) is 6.10 Å². The number of amides is 2. The minimum absolute atomic E-state index is 0.220. The first-order valence-electron chi connectivity index (χ1n) is 6.34. The number of rotatable bonds is 6. The van der Waals surface area contributed by atoms with E-state index in [0.717, 1.165) is 6.42 Å². The molecule has 0 heterocycles. The number of aliphatic carboxylic acids is 1. The molecule has 1 aliphatic rings. The van der Waals surface area contributed by atoms with E-state index in [1.165, 1.54) is 0 Å². The van der Waals surface area contributed by atoms with Gasteiger partial charge in [0.05, 0.1) is 18.4 Å². The number of carbonyl (C=O) groups is 3. The lowest BCUT2D eigenvalue weighted by atomic mass is 9.95. The normalized spacial score (nSPS) is 27.8. The van der Waals surface area contributed by atoms with E-state index in [2.05, 4.69) is 5.32 Å². The van der Waals surface area contributed by atoms with Crippen molar-refractivity contribution in [2.45, 2.75) is 32.3 Å². The Labute approximate surface area is 111 Å². The molecule has 7 heteroatoms. The molecule has 19 heavy (non-hydrogen) atoms. The zero-order valence-electron chi connectivity index (χ0n) is 10.8. The van der Waals surface area contributed by atoms with Crippen LogP contribution in [0.3, 0.4) is 0 Å². The van der Waals surface area contributed by atoms with E-state index >= 15 is 0 Å². The van der Waals surface area contributed by atoms with Crippen molar-refractivity contribution in [2.75, 3.05) is 6.54 Å². The SMILES string of the molecule is CCC1C[C@H](C(=O)NCC(O)C(N)=O)[C@H](C(=O)O)C1. The molecular formula is C12H20N2O5. The van der Waals surface area contributed by atoms with Gasteiger partial charge in [0.2, 0.25) is 11.8 Å². The lowest BCUT2D eigenvalue weighted by Gasteiger charge is -2.16. The van der Waals surface area contributed by atoms with Crippen molar-refractivity contribution in [1.29, 1.82) is 0 Å². The molecule has 0 radical (unpaired) electrons. The molecule has 5 N–H and O–H groups in total. The van der Waals surface area contributed by atoms with Gasteiger partial charge in [-0.25, -0.2) is 0 Å². The molecule has 0 aliphatic heterocycles. The molecule has 0 aromatic carbocycles. The lowest BCUT2D eigenvalue weighted by Crippen LogP contribution is -2.43. The summed E-state index contributed by atoms with van der Waals surface area (Å²) in [5, 5.41) is 20.7. The van der Waals surface area contributed by atoms with Gasteiger partial charge in [0, 0.05) is 0 Å². The Bertz CT molecular complexity index is 371. The molecule has 0 spiro atoms. The summed E-state index contributed by atoms with van der Waals surface area (Å²) in [7, 11) is 0. The monoisotopic (exact) mass is 272 g/mol. The van der Waals surface area contributed by atoms with E-state index in [-0.39, 0.29) is 12.5 Å². The highest BCUT2D eigenvalue weighted by Crippen LogP contribution is 2.38. The van der Waals surface area contributed by atoms with Crippen LogP contribution >= 0.6 is 0 Å². The van der Waals surface area contributed by atoms with Crippen molar-refractivity contribution in [3.8, 4) is 0 Å². The van der Waals surface area contributed by atoms with Gasteiger partial charge in [-0.15, -0.1) is 0 Å². The van der Waals surface area contributed by atoms with Gasteiger partial charge in [0.15, 0.2) is 0 Å². The van der Waals surface area contributed by atoms with Gasteiger partial charge in [-0.3, -0.25) is 14.4 Å². The van der Waals surface area contributed by atoms with Crippen LogP contribution in [0.4, 0.5) is 0 Å². The number of aliphatic hydroxyl groups is 1. The molecule has 108 valence electrons. The number of carbonyl (C=O) groups excluding carboxylic acids is 2. The number of hydrogen-bond donors (Lipinski definition) is 4. The largest absolute Gasteiger partial charge is 0.481 e. The van der Waals surface area contributed by atoms with E-state index in [4.69, 9.17) is 10.8 Å². The minimum atomic E-state index is -1.45. The van der Waals surface area contributed by atoms with Gasteiger partial charge in [-0.05, 0) is 18.8 Å². The zero-order valence-corrected chi connectivity index (χ0v) is 10.8. The summed E-state index contributed by atoms with van der Waals surface area (Å²) in [5.74, 6) is -3.43. The molecule has 7 nitrogen and oxygen atoms in total. The number of primary amides is 1. The molecule has 0 aromatic rings. The van der Waals surface area contributed by atoms with Gasteiger partial charge >= 0.3 is 5.97 Å². The summed E-state index contributed by atoms with van der Waals surface area (Å²) in [4.78, 5) is 33.7. The van der Waals surface area contributed by atoms with Crippen LogP contribution in [0.2, 0.25) is 0 Å². The number of nitrogens with one attached hydrogen (secondary N) is 1. The highest BCUT2D eigenvalue weighted by atomic mass is 16.4. The van der Waals surface area contributed by atoms with Crippen molar-refractivity contribution in [3.63, 3.8) is 0 Å². The van der Waals surface area contributed by atoms with Crippen LogP contribution in [0.15, 0.2) is 0 Å². The van der Waals surface area contributed by atoms with Gasteiger partial charge in [-0.1, -0.05) is 13.3 Å². The second-order valence-corrected chi connectivity index (χ2v) is 4.96. The van der Waals surface area contributed by atoms with E-state index < -0.39 is 35.7 Å². The number of carboxylic acid groups (broad SMARTS) is 1. The van der Waals surface area contributed by atoms with Crippen LogP contribution in [0.1, 0.15) is 26.2 Å². The second kappa shape index (κ2) is 6.51. The summed E-state index contributed by atoms with van der Waals surface area (Å²) in [6.45, 7) is 1.68. The van der Waals surface area contributed by atoms with Gasteiger partial charge < -0.3 is 21.3 Å². The summed E-state index contributed by atoms with van der Waals surface area (Å²) in [6, 6.07) is 0. The molecule has 1 rings (SSSR count). The Morgan fingerprint density at radius 1 is 1.32 bits per heavy atom. The maximum atomic E-state index is 11.9. The molecule has 1 saturated carbocycles. The number of hydrogen-bond acceptors (Lipinski definition) is 4. The third-order valence-corrected chi connectivity index (χ3v) is 3.69. The number of carboxylic acids is 1. The molecule has 1 fully saturated rings. The first-order chi connectivity index (χ1) is 8.86. The Hall–Kier alpha value is -1.63. The molecule has 1 aliphatic carbocycles. The molecule has 0 aromatic heterocycles. The van der Waals surface area contributed by atoms with Crippen LogP contribution in [-0.4, -0.2) is 40.6 Å². The molecule has 4 atom stereocenters. The fourth-order valence-electron chi connectivity index (χ4n) is 2.47. The van der Waals surface area contributed by atoms with E-state index in [1.54, 1.807) is 0 Å². The number of aliphatic hydroxyl groups excluding tert-OH is 1. The summed E-state index contributed by atoms with van der Waals surface area (Å²) < 4.78 is 0. The number of nitrogens with two attached hydrogens (primary N) is 1. The van der Waals surface area contributed by atoms with Crippen LogP contribution in [0, 0.1) is 17.8 Å². The fraction of sp³-hybridized carbons (Fsp3) is 0.750. The summed E-state index contributed by atoms with van der Waals surface area (Å²) in [6.07, 6.45) is 0.391. The first kappa shape index (κ1) is 15.4. The van der Waals surface area contributed by atoms with Crippen LogP contribution in [-0.2, 0) is 14.4 Å². The topological polar surface area (TPSA) is 130 Å².